The van der Waals surface area contributed by atoms with Crippen LogP contribution >= 0.6 is 0 Å². The zero-order valence-corrected chi connectivity index (χ0v) is 22.2. The number of amides is 1. The van der Waals surface area contributed by atoms with Crippen molar-refractivity contribution in [3.8, 4) is 5.75 Å². The molecule has 1 unspecified atom stereocenters. The molecule has 1 aliphatic carbocycles. The highest BCUT2D eigenvalue weighted by atomic mass is 16.5. The Labute approximate surface area is 224 Å². The molecule has 1 heterocycles. The van der Waals surface area contributed by atoms with E-state index < -0.39 is 17.7 Å². The topological polar surface area (TPSA) is 70.1 Å². The highest BCUT2D eigenvalue weighted by Crippen LogP contribution is 2.41. The Bertz CT molecular complexity index is 1370. The average molecular weight is 511 g/mol. The van der Waals surface area contributed by atoms with Crippen molar-refractivity contribution in [3.05, 3.63) is 100 Å². The van der Waals surface area contributed by atoms with Gasteiger partial charge in [0.2, 0.25) is 0 Å². The third-order valence-corrected chi connectivity index (χ3v) is 7.47. The van der Waals surface area contributed by atoms with Crippen LogP contribution in [0.4, 0.5) is 5.69 Å². The Hall–Kier alpha value is -4.06. The number of carbonyl (C=O) groups is 2. The van der Waals surface area contributed by atoms with Gasteiger partial charge in [-0.25, -0.2) is 0 Å². The number of fused-ring (bicyclic) bond motifs is 1. The Morgan fingerprint density at radius 1 is 0.947 bits per heavy atom. The van der Waals surface area contributed by atoms with Crippen molar-refractivity contribution in [2.75, 3.05) is 25.6 Å². The zero-order chi connectivity index (χ0) is 26.8. The number of aliphatic hydroxyl groups excluding tert-OH is 1. The van der Waals surface area contributed by atoms with Crippen LogP contribution in [-0.4, -0.2) is 42.4 Å². The van der Waals surface area contributed by atoms with Crippen molar-refractivity contribution < 1.29 is 19.4 Å². The smallest absolute Gasteiger partial charge is 0.295 e. The number of hydrogen-bond donors (Lipinski definition) is 1. The molecule has 5 rings (SSSR count). The standard InChI is InChI=1S/C32H34N2O4/c1-4-38-27-17-9-21(10-18-27)20-34-29(23-13-15-26(16-14-23)33(2)3)28(31(36)32(34)37)30(35)25-12-11-22-7-5-6-8-24(22)19-25/h9-19,29,35H,4-8,20H2,1-3H3/b30-28-. The van der Waals surface area contributed by atoms with Crippen LogP contribution in [0.2, 0.25) is 0 Å². The van der Waals surface area contributed by atoms with Gasteiger partial charge in [-0.2, -0.15) is 0 Å². The van der Waals surface area contributed by atoms with Crippen molar-refractivity contribution in [1.29, 1.82) is 0 Å². The van der Waals surface area contributed by atoms with Gasteiger partial charge in [0.1, 0.15) is 11.5 Å². The van der Waals surface area contributed by atoms with Gasteiger partial charge in [0.15, 0.2) is 0 Å². The SMILES string of the molecule is CCOc1ccc(CN2C(=O)C(=O)/C(=C(\O)c3ccc4c(c3)CCCC4)C2c2ccc(N(C)C)cc2)cc1. The number of likely N-dealkylation sites (tertiary alicyclic amines) is 1. The molecule has 1 fully saturated rings. The summed E-state index contributed by atoms with van der Waals surface area (Å²) in [4.78, 5) is 30.4. The molecule has 1 atom stereocenters. The largest absolute Gasteiger partial charge is 0.507 e. The predicted octanol–water partition coefficient (Wildman–Crippen LogP) is 5.65. The molecule has 0 spiro atoms. The fourth-order valence-electron chi connectivity index (χ4n) is 5.44. The number of nitrogens with zero attached hydrogens (tertiary/aromatic N) is 2. The highest BCUT2D eigenvalue weighted by molar-refractivity contribution is 6.46. The number of ether oxygens (including phenoxy) is 1. The lowest BCUT2D eigenvalue weighted by atomic mass is 9.88. The minimum absolute atomic E-state index is 0.118. The Balaban J connectivity index is 1.58. The van der Waals surface area contributed by atoms with Gasteiger partial charge in [-0.05, 0) is 85.2 Å². The van der Waals surface area contributed by atoms with Gasteiger partial charge < -0.3 is 19.6 Å². The molecule has 0 bridgehead atoms. The summed E-state index contributed by atoms with van der Waals surface area (Å²) in [7, 11) is 3.92. The zero-order valence-electron chi connectivity index (χ0n) is 22.2. The molecule has 0 aromatic heterocycles. The maximum atomic E-state index is 13.5. The second-order valence-electron chi connectivity index (χ2n) is 10.2. The number of Topliss-reactive ketones (excluding diaryl/α,β-unsaturated/α-hetero) is 1. The Morgan fingerprint density at radius 3 is 2.29 bits per heavy atom. The number of carbonyl (C=O) groups excluding carboxylic acids is 2. The quantitative estimate of drug-likeness (QED) is 0.253. The molecule has 196 valence electrons. The number of benzene rings is 3. The first-order chi connectivity index (χ1) is 18.4. The minimum Gasteiger partial charge on any atom is -0.507 e. The lowest BCUT2D eigenvalue weighted by Crippen LogP contribution is -2.29. The van der Waals surface area contributed by atoms with Gasteiger partial charge in [-0.1, -0.05) is 36.4 Å². The van der Waals surface area contributed by atoms with Gasteiger partial charge in [-0.3, -0.25) is 9.59 Å². The molecule has 1 amide bonds. The average Bonchev–Trinajstić information content (AvgIpc) is 3.18. The molecular weight excluding hydrogens is 476 g/mol. The van der Waals surface area contributed by atoms with Gasteiger partial charge in [-0.15, -0.1) is 0 Å². The van der Waals surface area contributed by atoms with E-state index in [0.29, 0.717) is 12.2 Å². The number of rotatable bonds is 7. The fraction of sp³-hybridized carbons (Fsp3) is 0.312. The van der Waals surface area contributed by atoms with Crippen LogP contribution < -0.4 is 9.64 Å². The number of aryl methyl sites for hydroxylation is 2. The first-order valence-corrected chi connectivity index (χ1v) is 13.3. The fourth-order valence-corrected chi connectivity index (χ4v) is 5.44. The van der Waals surface area contributed by atoms with E-state index in [1.807, 2.05) is 92.6 Å². The van der Waals surface area contributed by atoms with E-state index >= 15 is 0 Å². The molecule has 0 radical (unpaired) electrons. The first-order valence-electron chi connectivity index (χ1n) is 13.3. The van der Waals surface area contributed by atoms with Crippen LogP contribution in [0.3, 0.4) is 0 Å². The predicted molar refractivity (Wildman–Crippen MR) is 149 cm³/mol. The minimum atomic E-state index is -0.700. The van der Waals surface area contributed by atoms with Crippen LogP contribution in [0.15, 0.2) is 72.3 Å². The maximum Gasteiger partial charge on any atom is 0.295 e. The molecule has 3 aromatic rings. The summed E-state index contributed by atoms with van der Waals surface area (Å²) < 4.78 is 5.55. The number of aliphatic hydroxyl groups is 1. The van der Waals surface area contributed by atoms with Crippen molar-refractivity contribution in [3.63, 3.8) is 0 Å². The van der Waals surface area contributed by atoms with Crippen molar-refractivity contribution in [2.45, 2.75) is 45.2 Å². The lowest BCUT2D eigenvalue weighted by molar-refractivity contribution is -0.140. The van der Waals surface area contributed by atoms with Crippen LogP contribution in [0, 0.1) is 0 Å². The van der Waals surface area contributed by atoms with Gasteiger partial charge >= 0.3 is 0 Å². The summed E-state index contributed by atoms with van der Waals surface area (Å²) in [5.41, 5.74) is 5.87. The van der Waals surface area contributed by atoms with Crippen molar-refractivity contribution >= 4 is 23.1 Å². The van der Waals surface area contributed by atoms with Crippen LogP contribution in [0.25, 0.3) is 5.76 Å². The van der Waals surface area contributed by atoms with E-state index in [0.717, 1.165) is 48.2 Å². The Kier molecular flexibility index (Phi) is 7.23. The molecule has 0 saturated carbocycles. The van der Waals surface area contributed by atoms with E-state index in [1.54, 1.807) is 4.90 Å². The van der Waals surface area contributed by atoms with E-state index in [9.17, 15) is 14.7 Å². The maximum absolute atomic E-state index is 13.5. The molecule has 6 heteroatoms. The molecule has 38 heavy (non-hydrogen) atoms. The normalized spacial score (nSPS) is 18.4. The summed E-state index contributed by atoms with van der Waals surface area (Å²) in [6.07, 6.45) is 4.26. The van der Waals surface area contributed by atoms with Crippen LogP contribution in [0.5, 0.6) is 5.75 Å². The van der Waals surface area contributed by atoms with E-state index in [4.69, 9.17) is 4.74 Å². The second kappa shape index (κ2) is 10.7. The molecule has 3 aromatic carbocycles. The summed E-state index contributed by atoms with van der Waals surface area (Å²) in [5, 5.41) is 11.5. The molecular formula is C32H34N2O4. The van der Waals surface area contributed by atoms with E-state index in [1.165, 1.54) is 11.1 Å². The Morgan fingerprint density at radius 2 is 1.63 bits per heavy atom. The first kappa shape index (κ1) is 25.6. The highest BCUT2D eigenvalue weighted by Gasteiger charge is 2.46. The molecule has 1 saturated heterocycles. The monoisotopic (exact) mass is 510 g/mol. The lowest BCUT2D eigenvalue weighted by Gasteiger charge is -2.26. The third-order valence-electron chi connectivity index (χ3n) is 7.47. The summed E-state index contributed by atoms with van der Waals surface area (Å²) in [6, 6.07) is 20.5. The van der Waals surface area contributed by atoms with Gasteiger partial charge in [0.25, 0.3) is 11.7 Å². The van der Waals surface area contributed by atoms with Gasteiger partial charge in [0, 0.05) is 31.9 Å². The third kappa shape index (κ3) is 4.91. The van der Waals surface area contributed by atoms with Crippen molar-refractivity contribution in [2.24, 2.45) is 0 Å². The summed E-state index contributed by atoms with van der Waals surface area (Å²) >= 11 is 0. The van der Waals surface area contributed by atoms with Crippen LogP contribution in [0.1, 0.15) is 53.6 Å². The molecule has 1 N–H and O–H groups in total. The van der Waals surface area contributed by atoms with E-state index in [2.05, 4.69) is 0 Å². The molecule has 1 aliphatic heterocycles. The van der Waals surface area contributed by atoms with Crippen molar-refractivity contribution in [1.82, 2.24) is 4.90 Å². The van der Waals surface area contributed by atoms with Crippen LogP contribution in [-0.2, 0) is 29.0 Å². The molecule has 2 aliphatic rings. The van der Waals surface area contributed by atoms with E-state index in [-0.39, 0.29) is 17.9 Å². The summed E-state index contributed by atoms with van der Waals surface area (Å²) in [6.45, 7) is 2.73. The second-order valence-corrected chi connectivity index (χ2v) is 10.2. The number of ketones is 1. The van der Waals surface area contributed by atoms with Gasteiger partial charge in [0.05, 0.1) is 18.2 Å². The molecule has 6 nitrogen and oxygen atoms in total. The summed E-state index contributed by atoms with van der Waals surface area (Å²) in [5.74, 6) is -0.637. The number of anilines is 1. The number of hydrogen-bond acceptors (Lipinski definition) is 5.